The van der Waals surface area contributed by atoms with Gasteiger partial charge in [-0.3, -0.25) is 0 Å². The van der Waals surface area contributed by atoms with Crippen molar-refractivity contribution in [1.82, 2.24) is 10.3 Å². The summed E-state index contributed by atoms with van der Waals surface area (Å²) in [4.78, 5) is 5.71. The van der Waals surface area contributed by atoms with Gasteiger partial charge in [0.1, 0.15) is 10.8 Å². The van der Waals surface area contributed by atoms with E-state index in [1.807, 2.05) is 14.0 Å². The van der Waals surface area contributed by atoms with Crippen LogP contribution in [0.4, 0.5) is 8.78 Å². The lowest BCUT2D eigenvalue weighted by atomic mass is 10.2. The minimum Gasteiger partial charge on any atom is -0.435 e. The van der Waals surface area contributed by atoms with Gasteiger partial charge in [-0.05, 0) is 45.2 Å². The fourth-order valence-corrected chi connectivity index (χ4v) is 2.98. The van der Waals surface area contributed by atoms with Gasteiger partial charge < -0.3 is 10.1 Å². The molecule has 2 rings (SSSR count). The highest BCUT2D eigenvalue weighted by atomic mass is 32.1. The first kappa shape index (κ1) is 14.9. The molecule has 0 bridgehead atoms. The highest BCUT2D eigenvalue weighted by Crippen LogP contribution is 2.32. The zero-order valence-electron chi connectivity index (χ0n) is 11.5. The monoisotopic (exact) mass is 298 g/mol. The van der Waals surface area contributed by atoms with E-state index in [0.717, 1.165) is 16.3 Å². The molecule has 6 heteroatoms. The number of thiazole rings is 1. The van der Waals surface area contributed by atoms with Gasteiger partial charge in [0, 0.05) is 16.5 Å². The van der Waals surface area contributed by atoms with Crippen molar-refractivity contribution in [1.29, 1.82) is 0 Å². The summed E-state index contributed by atoms with van der Waals surface area (Å²) in [6.07, 6.45) is 0. The summed E-state index contributed by atoms with van der Waals surface area (Å²) in [5, 5.41) is 4.06. The van der Waals surface area contributed by atoms with Gasteiger partial charge in [0.15, 0.2) is 0 Å². The van der Waals surface area contributed by atoms with E-state index >= 15 is 0 Å². The molecule has 1 aromatic heterocycles. The van der Waals surface area contributed by atoms with E-state index in [2.05, 4.69) is 22.0 Å². The molecule has 0 saturated heterocycles. The van der Waals surface area contributed by atoms with Crippen molar-refractivity contribution in [2.75, 3.05) is 7.05 Å². The lowest BCUT2D eigenvalue weighted by Crippen LogP contribution is -2.11. The van der Waals surface area contributed by atoms with E-state index in [1.54, 1.807) is 23.5 Å². The molecule has 20 heavy (non-hydrogen) atoms. The van der Waals surface area contributed by atoms with E-state index in [4.69, 9.17) is 0 Å². The number of hydrogen-bond donors (Lipinski definition) is 1. The molecular formula is C14H16F2N2OS. The summed E-state index contributed by atoms with van der Waals surface area (Å²) in [5.74, 6) is 0.154. The SMILES string of the molecule is CNC(C)c1sc(-c2ccc(OC(F)F)cc2)nc1C. The zero-order valence-corrected chi connectivity index (χ0v) is 12.3. The molecule has 0 radical (unpaired) electrons. The number of hydrogen-bond acceptors (Lipinski definition) is 4. The molecule has 108 valence electrons. The maximum atomic E-state index is 12.1. The number of alkyl halides is 2. The van der Waals surface area contributed by atoms with Crippen molar-refractivity contribution in [3.8, 4) is 16.3 Å². The summed E-state index contributed by atoms with van der Waals surface area (Å²) < 4.78 is 28.5. The van der Waals surface area contributed by atoms with E-state index in [0.29, 0.717) is 0 Å². The maximum absolute atomic E-state index is 12.1. The van der Waals surface area contributed by atoms with E-state index < -0.39 is 6.61 Å². The topological polar surface area (TPSA) is 34.1 Å². The fourth-order valence-electron chi connectivity index (χ4n) is 1.84. The summed E-state index contributed by atoms with van der Waals surface area (Å²) >= 11 is 1.60. The third kappa shape index (κ3) is 3.32. The van der Waals surface area contributed by atoms with Crippen molar-refractivity contribution < 1.29 is 13.5 Å². The first-order valence-electron chi connectivity index (χ1n) is 6.21. The van der Waals surface area contributed by atoms with Crippen molar-refractivity contribution in [3.05, 3.63) is 34.8 Å². The second kappa shape index (κ2) is 6.28. The molecule has 0 spiro atoms. The summed E-state index contributed by atoms with van der Waals surface area (Å²) in [5.41, 5.74) is 1.88. The Labute approximate surface area is 120 Å². The van der Waals surface area contributed by atoms with Gasteiger partial charge in [-0.2, -0.15) is 8.78 Å². The third-order valence-electron chi connectivity index (χ3n) is 2.99. The van der Waals surface area contributed by atoms with Crippen LogP contribution in [0.1, 0.15) is 23.5 Å². The van der Waals surface area contributed by atoms with Crippen LogP contribution in [0.3, 0.4) is 0 Å². The Morgan fingerprint density at radius 1 is 1.25 bits per heavy atom. The molecule has 0 aliphatic carbocycles. The average molecular weight is 298 g/mol. The standard InChI is InChI=1S/C14H16F2N2OS/c1-8(17-3)12-9(2)18-13(20-12)10-4-6-11(7-5-10)19-14(15)16/h4-8,14,17H,1-3H3. The highest BCUT2D eigenvalue weighted by Gasteiger charge is 2.14. The second-order valence-corrected chi connectivity index (χ2v) is 5.41. The normalized spacial score (nSPS) is 12.7. The molecule has 1 N–H and O–H groups in total. The van der Waals surface area contributed by atoms with Crippen LogP contribution in [0.2, 0.25) is 0 Å². The fraction of sp³-hybridized carbons (Fsp3) is 0.357. The van der Waals surface area contributed by atoms with Gasteiger partial charge in [-0.1, -0.05) is 0 Å². The quantitative estimate of drug-likeness (QED) is 0.906. The van der Waals surface area contributed by atoms with Crippen molar-refractivity contribution in [2.24, 2.45) is 0 Å². The van der Waals surface area contributed by atoms with E-state index in [9.17, 15) is 8.78 Å². The molecular weight excluding hydrogens is 282 g/mol. The number of aromatic nitrogens is 1. The maximum Gasteiger partial charge on any atom is 0.387 e. The molecule has 2 aromatic rings. The van der Waals surface area contributed by atoms with Gasteiger partial charge >= 0.3 is 6.61 Å². The predicted octanol–water partition coefficient (Wildman–Crippen LogP) is 4.00. The van der Waals surface area contributed by atoms with Gasteiger partial charge in [0.2, 0.25) is 0 Å². The van der Waals surface area contributed by atoms with Crippen LogP contribution in [-0.2, 0) is 0 Å². The third-order valence-corrected chi connectivity index (χ3v) is 4.37. The Hall–Kier alpha value is -1.53. The molecule has 0 fully saturated rings. The Kier molecular flexibility index (Phi) is 4.67. The van der Waals surface area contributed by atoms with Gasteiger partial charge in [-0.25, -0.2) is 4.98 Å². The summed E-state index contributed by atoms with van der Waals surface area (Å²) in [6.45, 7) is 1.24. The van der Waals surface area contributed by atoms with Crippen LogP contribution < -0.4 is 10.1 Å². The van der Waals surface area contributed by atoms with E-state index in [-0.39, 0.29) is 11.8 Å². The number of halogens is 2. The van der Waals surface area contributed by atoms with Crippen LogP contribution in [0.25, 0.3) is 10.6 Å². The Morgan fingerprint density at radius 2 is 1.90 bits per heavy atom. The number of rotatable bonds is 5. The average Bonchev–Trinajstić information content (AvgIpc) is 2.80. The molecule has 0 saturated carbocycles. The number of ether oxygens (including phenoxy) is 1. The number of nitrogens with one attached hydrogen (secondary N) is 1. The molecule has 0 aliphatic heterocycles. The molecule has 1 aromatic carbocycles. The Morgan fingerprint density at radius 3 is 2.45 bits per heavy atom. The Bertz CT molecular complexity index is 569. The van der Waals surface area contributed by atoms with Crippen LogP contribution >= 0.6 is 11.3 Å². The van der Waals surface area contributed by atoms with Crippen LogP contribution in [0.5, 0.6) is 5.75 Å². The van der Waals surface area contributed by atoms with Crippen LogP contribution in [-0.4, -0.2) is 18.6 Å². The van der Waals surface area contributed by atoms with Crippen molar-refractivity contribution >= 4 is 11.3 Å². The lowest BCUT2D eigenvalue weighted by molar-refractivity contribution is -0.0498. The molecule has 1 unspecified atom stereocenters. The van der Waals surface area contributed by atoms with Crippen molar-refractivity contribution in [2.45, 2.75) is 26.5 Å². The molecule has 1 heterocycles. The number of nitrogens with zero attached hydrogens (tertiary/aromatic N) is 1. The van der Waals surface area contributed by atoms with Gasteiger partial charge in [0.05, 0.1) is 5.69 Å². The first-order valence-corrected chi connectivity index (χ1v) is 7.02. The number of aryl methyl sites for hydroxylation is 1. The summed E-state index contributed by atoms with van der Waals surface area (Å²) in [6, 6.07) is 6.77. The van der Waals surface area contributed by atoms with Crippen LogP contribution in [0.15, 0.2) is 24.3 Å². The molecule has 0 aliphatic rings. The van der Waals surface area contributed by atoms with Crippen LogP contribution in [0, 0.1) is 6.92 Å². The predicted molar refractivity (Wildman–Crippen MR) is 76.4 cm³/mol. The zero-order chi connectivity index (χ0) is 14.7. The molecule has 3 nitrogen and oxygen atoms in total. The highest BCUT2D eigenvalue weighted by molar-refractivity contribution is 7.15. The Balaban J connectivity index is 2.23. The van der Waals surface area contributed by atoms with Gasteiger partial charge in [-0.15, -0.1) is 11.3 Å². The lowest BCUT2D eigenvalue weighted by Gasteiger charge is -2.07. The number of benzene rings is 1. The van der Waals surface area contributed by atoms with Crippen molar-refractivity contribution in [3.63, 3.8) is 0 Å². The summed E-state index contributed by atoms with van der Waals surface area (Å²) in [7, 11) is 1.90. The molecule has 1 atom stereocenters. The largest absolute Gasteiger partial charge is 0.435 e. The minimum atomic E-state index is -2.80. The van der Waals surface area contributed by atoms with E-state index in [1.165, 1.54) is 17.0 Å². The second-order valence-electron chi connectivity index (χ2n) is 4.38. The van der Waals surface area contributed by atoms with Gasteiger partial charge in [0.25, 0.3) is 0 Å². The minimum absolute atomic E-state index is 0.154. The molecule has 0 amide bonds. The smallest absolute Gasteiger partial charge is 0.387 e. The first-order chi connectivity index (χ1) is 9.51.